The Balaban J connectivity index is 2.29. The fourth-order valence-corrected chi connectivity index (χ4v) is 1.97. The van der Waals surface area contributed by atoms with E-state index in [1.54, 1.807) is 0 Å². The Morgan fingerprint density at radius 3 is 2.20 bits per heavy atom. The van der Waals surface area contributed by atoms with Crippen molar-refractivity contribution in [3.05, 3.63) is 0 Å². The first-order valence-corrected chi connectivity index (χ1v) is 6.01. The molecule has 1 aliphatic heterocycles. The minimum atomic E-state index is -0.198. The van der Waals surface area contributed by atoms with Crippen molar-refractivity contribution in [1.82, 2.24) is 0 Å². The van der Waals surface area contributed by atoms with Crippen LogP contribution in [-0.4, -0.2) is 30.7 Å². The van der Waals surface area contributed by atoms with Crippen molar-refractivity contribution in [2.75, 3.05) is 13.2 Å². The first-order valence-electron chi connectivity index (χ1n) is 6.01. The number of rotatable bonds is 6. The topological polar surface area (TPSA) is 38.7 Å². The Labute approximate surface area is 92.8 Å². The van der Waals surface area contributed by atoms with E-state index in [1.807, 2.05) is 6.92 Å². The molecule has 0 radical (unpaired) electrons. The van der Waals surface area contributed by atoms with Gasteiger partial charge < -0.3 is 14.6 Å². The fourth-order valence-electron chi connectivity index (χ4n) is 1.97. The maximum Gasteiger partial charge on any atom is 0.158 e. The van der Waals surface area contributed by atoms with Crippen LogP contribution in [0.15, 0.2) is 0 Å². The Hall–Kier alpha value is -0.120. The van der Waals surface area contributed by atoms with E-state index in [0.717, 1.165) is 32.5 Å². The molecule has 0 aliphatic carbocycles. The van der Waals surface area contributed by atoms with E-state index >= 15 is 0 Å². The van der Waals surface area contributed by atoms with E-state index in [-0.39, 0.29) is 12.4 Å². The molecular weight excluding hydrogens is 192 g/mol. The van der Waals surface area contributed by atoms with Gasteiger partial charge in [-0.2, -0.15) is 0 Å². The van der Waals surface area contributed by atoms with Crippen LogP contribution >= 0.6 is 0 Å². The first-order chi connectivity index (χ1) is 7.09. The summed E-state index contributed by atoms with van der Waals surface area (Å²) in [6, 6.07) is 0. The molecule has 0 saturated carbocycles. The molecule has 1 fully saturated rings. The standard InChI is InChI=1S/C12H24O3/c1-9(2)11(5-4-10(3)13)8-12-14-6-7-15-12/h9-13H,4-8H2,1-3H3/t10-,11-/m1/s1. The van der Waals surface area contributed by atoms with Gasteiger partial charge in [-0.05, 0) is 31.6 Å². The SMILES string of the molecule is CC(C)[C@H](CC[C@@H](C)O)CC1OCCO1. The summed E-state index contributed by atoms with van der Waals surface area (Å²) in [5, 5.41) is 9.28. The molecule has 15 heavy (non-hydrogen) atoms. The van der Waals surface area contributed by atoms with Crippen LogP contribution in [-0.2, 0) is 9.47 Å². The zero-order valence-corrected chi connectivity index (χ0v) is 10.1. The molecule has 1 N–H and O–H groups in total. The fraction of sp³-hybridized carbons (Fsp3) is 1.00. The lowest BCUT2D eigenvalue weighted by Crippen LogP contribution is -2.20. The summed E-state index contributed by atoms with van der Waals surface area (Å²) in [5.41, 5.74) is 0. The van der Waals surface area contributed by atoms with Crippen molar-refractivity contribution in [3.63, 3.8) is 0 Å². The third-order valence-corrected chi connectivity index (χ3v) is 3.08. The Kier molecular flexibility index (Phi) is 5.58. The predicted molar refractivity (Wildman–Crippen MR) is 59.6 cm³/mol. The highest BCUT2D eigenvalue weighted by Crippen LogP contribution is 2.26. The highest BCUT2D eigenvalue weighted by molar-refractivity contribution is 4.68. The van der Waals surface area contributed by atoms with Crippen LogP contribution < -0.4 is 0 Å². The van der Waals surface area contributed by atoms with E-state index in [9.17, 15) is 5.11 Å². The van der Waals surface area contributed by atoms with Crippen LogP contribution in [0.5, 0.6) is 0 Å². The third kappa shape index (κ3) is 4.96. The molecule has 1 aliphatic rings. The molecule has 1 saturated heterocycles. The van der Waals surface area contributed by atoms with Gasteiger partial charge in [-0.15, -0.1) is 0 Å². The van der Waals surface area contributed by atoms with Gasteiger partial charge in [0.05, 0.1) is 19.3 Å². The summed E-state index contributed by atoms with van der Waals surface area (Å²) in [4.78, 5) is 0. The zero-order valence-electron chi connectivity index (χ0n) is 10.1. The summed E-state index contributed by atoms with van der Waals surface area (Å²) in [5.74, 6) is 1.21. The molecule has 3 heteroatoms. The van der Waals surface area contributed by atoms with E-state index in [0.29, 0.717) is 11.8 Å². The smallest absolute Gasteiger partial charge is 0.158 e. The molecule has 0 aromatic heterocycles. The highest BCUT2D eigenvalue weighted by Gasteiger charge is 2.23. The zero-order chi connectivity index (χ0) is 11.3. The molecule has 0 aromatic rings. The Morgan fingerprint density at radius 1 is 1.13 bits per heavy atom. The van der Waals surface area contributed by atoms with E-state index in [2.05, 4.69) is 13.8 Å². The van der Waals surface area contributed by atoms with Crippen LogP contribution in [0.4, 0.5) is 0 Å². The number of hydrogen-bond acceptors (Lipinski definition) is 3. The highest BCUT2D eigenvalue weighted by atomic mass is 16.7. The van der Waals surface area contributed by atoms with Crippen molar-refractivity contribution in [2.45, 2.75) is 52.4 Å². The lowest BCUT2D eigenvalue weighted by molar-refractivity contribution is -0.0623. The van der Waals surface area contributed by atoms with E-state index < -0.39 is 0 Å². The summed E-state index contributed by atoms with van der Waals surface area (Å²) in [6.07, 6.45) is 2.68. The van der Waals surface area contributed by atoms with Crippen molar-refractivity contribution >= 4 is 0 Å². The normalized spacial score (nSPS) is 22.2. The van der Waals surface area contributed by atoms with Crippen LogP contribution in [0.2, 0.25) is 0 Å². The van der Waals surface area contributed by atoms with Crippen molar-refractivity contribution < 1.29 is 14.6 Å². The molecule has 0 aromatic carbocycles. The maximum absolute atomic E-state index is 9.28. The molecule has 0 amide bonds. The molecular formula is C12H24O3. The number of aliphatic hydroxyl groups is 1. The third-order valence-electron chi connectivity index (χ3n) is 3.08. The van der Waals surface area contributed by atoms with E-state index in [4.69, 9.17) is 9.47 Å². The molecule has 1 heterocycles. The second-order valence-electron chi connectivity index (χ2n) is 4.84. The quantitative estimate of drug-likeness (QED) is 0.739. The van der Waals surface area contributed by atoms with Crippen LogP contribution in [0.1, 0.15) is 40.0 Å². The summed E-state index contributed by atoms with van der Waals surface area (Å²) in [6.45, 7) is 7.75. The van der Waals surface area contributed by atoms with Gasteiger partial charge in [0, 0.05) is 6.42 Å². The van der Waals surface area contributed by atoms with Crippen molar-refractivity contribution in [2.24, 2.45) is 11.8 Å². The van der Waals surface area contributed by atoms with Gasteiger partial charge in [0.15, 0.2) is 6.29 Å². The summed E-state index contributed by atoms with van der Waals surface area (Å²) < 4.78 is 10.9. The number of hydrogen-bond donors (Lipinski definition) is 1. The van der Waals surface area contributed by atoms with Gasteiger partial charge in [0.1, 0.15) is 0 Å². The van der Waals surface area contributed by atoms with Gasteiger partial charge in [-0.3, -0.25) is 0 Å². The van der Waals surface area contributed by atoms with Gasteiger partial charge in [0.25, 0.3) is 0 Å². The predicted octanol–water partition coefficient (Wildman–Crippen LogP) is 2.18. The Bertz CT molecular complexity index is 162. The minimum Gasteiger partial charge on any atom is -0.393 e. The van der Waals surface area contributed by atoms with Crippen LogP contribution in [0.3, 0.4) is 0 Å². The van der Waals surface area contributed by atoms with Gasteiger partial charge >= 0.3 is 0 Å². The van der Waals surface area contributed by atoms with Gasteiger partial charge in [0.2, 0.25) is 0 Å². The molecule has 90 valence electrons. The number of aliphatic hydroxyl groups excluding tert-OH is 1. The maximum atomic E-state index is 9.28. The lowest BCUT2D eigenvalue weighted by atomic mass is 9.87. The van der Waals surface area contributed by atoms with Crippen LogP contribution in [0, 0.1) is 11.8 Å². The molecule has 0 bridgehead atoms. The summed E-state index contributed by atoms with van der Waals surface area (Å²) >= 11 is 0. The largest absolute Gasteiger partial charge is 0.393 e. The molecule has 2 atom stereocenters. The summed E-state index contributed by atoms with van der Waals surface area (Å²) in [7, 11) is 0. The van der Waals surface area contributed by atoms with Crippen molar-refractivity contribution in [3.8, 4) is 0 Å². The van der Waals surface area contributed by atoms with E-state index in [1.165, 1.54) is 0 Å². The minimum absolute atomic E-state index is 0.00796. The average Bonchev–Trinajstić information content (AvgIpc) is 2.63. The van der Waals surface area contributed by atoms with Crippen LogP contribution in [0.25, 0.3) is 0 Å². The second-order valence-corrected chi connectivity index (χ2v) is 4.84. The molecule has 0 unspecified atom stereocenters. The second kappa shape index (κ2) is 6.46. The Morgan fingerprint density at radius 2 is 1.73 bits per heavy atom. The first kappa shape index (κ1) is 12.9. The van der Waals surface area contributed by atoms with Gasteiger partial charge in [-0.25, -0.2) is 0 Å². The molecule has 0 spiro atoms. The monoisotopic (exact) mass is 216 g/mol. The number of ether oxygens (including phenoxy) is 2. The molecule has 1 rings (SSSR count). The van der Waals surface area contributed by atoms with Crippen molar-refractivity contribution in [1.29, 1.82) is 0 Å². The van der Waals surface area contributed by atoms with Gasteiger partial charge in [-0.1, -0.05) is 13.8 Å². The molecule has 3 nitrogen and oxygen atoms in total. The lowest BCUT2D eigenvalue weighted by Gasteiger charge is -2.23. The average molecular weight is 216 g/mol.